The Labute approximate surface area is 122 Å². The van der Waals surface area contributed by atoms with Crippen molar-refractivity contribution in [3.63, 3.8) is 0 Å². The summed E-state index contributed by atoms with van der Waals surface area (Å²) >= 11 is 0. The normalized spacial score (nSPS) is 10.8. The number of methoxy groups -OCH3 is 1. The van der Waals surface area contributed by atoms with Crippen LogP contribution in [0.1, 0.15) is 11.1 Å². The predicted molar refractivity (Wildman–Crippen MR) is 82.1 cm³/mol. The van der Waals surface area contributed by atoms with Crippen LogP contribution in [0.2, 0.25) is 0 Å². The van der Waals surface area contributed by atoms with Gasteiger partial charge >= 0.3 is 0 Å². The van der Waals surface area contributed by atoms with E-state index < -0.39 is 0 Å². The first kappa shape index (κ1) is 13.3. The molecular weight excluding hydrogens is 266 g/mol. The van der Waals surface area contributed by atoms with Crippen molar-refractivity contribution < 1.29 is 4.74 Å². The van der Waals surface area contributed by atoms with Crippen molar-refractivity contribution in [1.29, 1.82) is 0 Å². The molecule has 0 saturated heterocycles. The van der Waals surface area contributed by atoms with E-state index in [1.165, 1.54) is 0 Å². The molecule has 5 nitrogen and oxygen atoms in total. The van der Waals surface area contributed by atoms with Crippen molar-refractivity contribution in [2.75, 3.05) is 7.11 Å². The second-order valence-electron chi connectivity index (χ2n) is 4.94. The monoisotopic (exact) mass is 281 g/mol. The van der Waals surface area contributed by atoms with Crippen molar-refractivity contribution in [3.05, 3.63) is 52.6 Å². The summed E-state index contributed by atoms with van der Waals surface area (Å²) in [6.07, 6.45) is 1.79. The Balaban J connectivity index is 2.33. The largest absolute Gasteiger partial charge is 0.497 e. The lowest BCUT2D eigenvalue weighted by Gasteiger charge is -2.10. The summed E-state index contributed by atoms with van der Waals surface area (Å²) in [6, 6.07) is 9.45. The van der Waals surface area contributed by atoms with Crippen molar-refractivity contribution in [2.45, 2.75) is 13.8 Å². The average Bonchev–Trinajstić information content (AvgIpc) is 2.84. The van der Waals surface area contributed by atoms with Gasteiger partial charge in [0.05, 0.1) is 7.11 Å². The van der Waals surface area contributed by atoms with Crippen LogP contribution < -0.4 is 4.74 Å². The van der Waals surface area contributed by atoms with Gasteiger partial charge in [-0.05, 0) is 54.4 Å². The summed E-state index contributed by atoms with van der Waals surface area (Å²) in [6.45, 7) is 3.95. The first-order chi connectivity index (χ1) is 10.2. The van der Waals surface area contributed by atoms with Crippen LogP contribution >= 0.6 is 0 Å². The number of imidazole rings is 1. The number of fused-ring (bicyclic) bond motifs is 1. The molecule has 21 heavy (non-hydrogen) atoms. The standard InChI is InChI=1S/C16H15N3O2/c1-10-8-12(21-3)9-11(2)14(10)15-16(18-20)19-7-5-4-6-13(19)17-15/h4-9H,1-3H3. The van der Waals surface area contributed by atoms with Crippen LogP contribution in [0, 0.1) is 18.8 Å². The second kappa shape index (κ2) is 5.01. The molecule has 0 N–H and O–H groups in total. The van der Waals surface area contributed by atoms with Crippen LogP contribution in [-0.2, 0) is 0 Å². The quantitative estimate of drug-likeness (QED) is 0.681. The summed E-state index contributed by atoms with van der Waals surface area (Å²) in [7, 11) is 1.64. The summed E-state index contributed by atoms with van der Waals surface area (Å²) in [5, 5.41) is 3.18. The van der Waals surface area contributed by atoms with Crippen LogP contribution in [0.25, 0.3) is 16.9 Å². The number of pyridine rings is 1. The minimum atomic E-state index is 0.321. The first-order valence-corrected chi connectivity index (χ1v) is 6.61. The number of rotatable bonds is 3. The molecule has 0 amide bonds. The van der Waals surface area contributed by atoms with E-state index in [2.05, 4.69) is 10.2 Å². The third-order valence-corrected chi connectivity index (χ3v) is 3.57. The van der Waals surface area contributed by atoms with Gasteiger partial charge < -0.3 is 4.74 Å². The molecule has 3 aromatic rings. The molecule has 0 bridgehead atoms. The highest BCUT2D eigenvalue weighted by Gasteiger charge is 2.18. The van der Waals surface area contributed by atoms with Crippen LogP contribution in [0.5, 0.6) is 5.75 Å². The minimum Gasteiger partial charge on any atom is -0.497 e. The summed E-state index contributed by atoms with van der Waals surface area (Å²) in [5.74, 6) is 1.11. The molecule has 0 aliphatic rings. The van der Waals surface area contributed by atoms with Crippen LogP contribution in [0.4, 0.5) is 5.82 Å². The summed E-state index contributed by atoms with van der Waals surface area (Å²) in [4.78, 5) is 15.8. The number of ether oxygens (including phenoxy) is 1. The Morgan fingerprint density at radius 3 is 2.52 bits per heavy atom. The van der Waals surface area contributed by atoms with Crippen molar-refractivity contribution in [3.8, 4) is 17.0 Å². The number of aryl methyl sites for hydroxylation is 2. The molecule has 1 aromatic carbocycles. The number of nitrogens with zero attached hydrogens (tertiary/aromatic N) is 3. The molecule has 0 aliphatic carbocycles. The van der Waals surface area contributed by atoms with E-state index in [0.717, 1.165) is 22.4 Å². The average molecular weight is 281 g/mol. The van der Waals surface area contributed by atoms with E-state index in [1.54, 1.807) is 17.7 Å². The number of hydrogen-bond acceptors (Lipinski definition) is 4. The maximum absolute atomic E-state index is 11.3. The molecular formula is C16H15N3O2. The Morgan fingerprint density at radius 2 is 1.90 bits per heavy atom. The lowest BCUT2D eigenvalue weighted by Crippen LogP contribution is -1.92. The Kier molecular flexibility index (Phi) is 3.17. The molecule has 0 saturated carbocycles. The highest BCUT2D eigenvalue weighted by atomic mass is 16.5. The molecule has 106 valence electrons. The molecule has 2 aromatic heterocycles. The zero-order valence-corrected chi connectivity index (χ0v) is 12.1. The fourth-order valence-electron chi connectivity index (χ4n) is 2.65. The molecule has 0 spiro atoms. The van der Waals surface area contributed by atoms with Crippen molar-refractivity contribution in [1.82, 2.24) is 9.38 Å². The van der Waals surface area contributed by atoms with E-state index in [0.29, 0.717) is 17.2 Å². The molecule has 0 unspecified atom stereocenters. The van der Waals surface area contributed by atoms with Crippen LogP contribution in [0.15, 0.2) is 41.7 Å². The van der Waals surface area contributed by atoms with Crippen molar-refractivity contribution in [2.24, 2.45) is 5.18 Å². The fourth-order valence-corrected chi connectivity index (χ4v) is 2.65. The van der Waals surface area contributed by atoms with Gasteiger partial charge in [-0.2, -0.15) is 0 Å². The Bertz CT molecular complexity index is 814. The Morgan fingerprint density at radius 1 is 1.19 bits per heavy atom. The van der Waals surface area contributed by atoms with E-state index in [1.807, 2.05) is 44.2 Å². The number of nitroso groups, excluding NO2 is 1. The third-order valence-electron chi connectivity index (χ3n) is 3.57. The van der Waals surface area contributed by atoms with Gasteiger partial charge in [0.25, 0.3) is 0 Å². The topological polar surface area (TPSA) is 56.0 Å². The van der Waals surface area contributed by atoms with E-state index >= 15 is 0 Å². The minimum absolute atomic E-state index is 0.321. The van der Waals surface area contributed by atoms with Gasteiger partial charge in [-0.1, -0.05) is 6.07 Å². The van der Waals surface area contributed by atoms with Gasteiger partial charge in [0.1, 0.15) is 17.1 Å². The van der Waals surface area contributed by atoms with Gasteiger partial charge in [0, 0.05) is 11.8 Å². The van der Waals surface area contributed by atoms with Crippen LogP contribution in [-0.4, -0.2) is 16.5 Å². The van der Waals surface area contributed by atoms with E-state index in [-0.39, 0.29) is 0 Å². The molecule has 0 radical (unpaired) electrons. The van der Waals surface area contributed by atoms with Gasteiger partial charge in [-0.25, -0.2) is 4.98 Å². The van der Waals surface area contributed by atoms with Gasteiger partial charge in [0.15, 0.2) is 0 Å². The van der Waals surface area contributed by atoms with Gasteiger partial charge in [-0.15, -0.1) is 4.91 Å². The Hall–Kier alpha value is -2.69. The molecule has 0 aliphatic heterocycles. The molecule has 2 heterocycles. The SMILES string of the molecule is COc1cc(C)c(-c2nc3ccccn3c2N=O)c(C)c1. The summed E-state index contributed by atoms with van der Waals surface area (Å²) < 4.78 is 6.97. The number of aromatic nitrogens is 2. The lowest BCUT2D eigenvalue weighted by molar-refractivity contribution is 0.414. The fraction of sp³-hybridized carbons (Fsp3) is 0.188. The van der Waals surface area contributed by atoms with Gasteiger partial charge in [0.2, 0.25) is 5.82 Å². The summed E-state index contributed by atoms with van der Waals surface area (Å²) in [5.41, 5.74) is 4.24. The molecule has 5 heteroatoms. The lowest BCUT2D eigenvalue weighted by atomic mass is 9.99. The van der Waals surface area contributed by atoms with E-state index in [9.17, 15) is 4.91 Å². The van der Waals surface area contributed by atoms with Crippen molar-refractivity contribution >= 4 is 11.5 Å². The second-order valence-corrected chi connectivity index (χ2v) is 4.94. The maximum atomic E-state index is 11.3. The number of benzene rings is 1. The molecule has 3 rings (SSSR count). The third kappa shape index (κ3) is 2.07. The molecule has 0 atom stereocenters. The highest BCUT2D eigenvalue weighted by Crippen LogP contribution is 2.36. The number of hydrogen-bond donors (Lipinski definition) is 0. The highest BCUT2D eigenvalue weighted by molar-refractivity contribution is 5.79. The van der Waals surface area contributed by atoms with E-state index in [4.69, 9.17) is 4.74 Å². The smallest absolute Gasteiger partial charge is 0.209 e. The van der Waals surface area contributed by atoms with Gasteiger partial charge in [-0.3, -0.25) is 4.40 Å². The first-order valence-electron chi connectivity index (χ1n) is 6.61. The van der Waals surface area contributed by atoms with Crippen LogP contribution in [0.3, 0.4) is 0 Å². The zero-order chi connectivity index (χ0) is 15.0. The maximum Gasteiger partial charge on any atom is 0.209 e. The predicted octanol–water partition coefficient (Wildman–Crippen LogP) is 4.02. The zero-order valence-electron chi connectivity index (χ0n) is 12.1. The molecule has 0 fully saturated rings.